The maximum atomic E-state index is 4.54. The molecule has 0 aliphatic carbocycles. The molecule has 1 heterocycles. The molecule has 120 valence electrons. The van der Waals surface area contributed by atoms with Crippen molar-refractivity contribution >= 4 is 17.8 Å². The molecule has 0 saturated heterocycles. The Bertz CT molecular complexity index is 418. The molecule has 0 saturated carbocycles. The van der Waals surface area contributed by atoms with Crippen molar-refractivity contribution in [2.45, 2.75) is 33.7 Å². The molecule has 0 spiro atoms. The zero-order valence-corrected chi connectivity index (χ0v) is 14.1. The van der Waals surface area contributed by atoms with Crippen LogP contribution in [0, 0.1) is 0 Å². The third kappa shape index (κ3) is 5.71. The number of hydrogen-bond donors (Lipinski definition) is 2. The van der Waals surface area contributed by atoms with Gasteiger partial charge in [-0.1, -0.05) is 0 Å². The van der Waals surface area contributed by atoms with Gasteiger partial charge in [0.15, 0.2) is 0 Å². The molecule has 1 aromatic rings. The average molecular weight is 295 g/mol. The van der Waals surface area contributed by atoms with Crippen LogP contribution in [0.3, 0.4) is 0 Å². The third-order valence-electron chi connectivity index (χ3n) is 3.02. The second-order valence-electron chi connectivity index (χ2n) is 5.29. The number of anilines is 3. The molecule has 2 N–H and O–H groups in total. The maximum absolute atomic E-state index is 4.54. The van der Waals surface area contributed by atoms with Gasteiger partial charge in [-0.05, 0) is 41.8 Å². The highest BCUT2D eigenvalue weighted by Crippen LogP contribution is 2.14. The van der Waals surface area contributed by atoms with E-state index >= 15 is 0 Å². The van der Waals surface area contributed by atoms with Crippen LogP contribution in [0.5, 0.6) is 0 Å². The smallest absolute Gasteiger partial charge is 0.231 e. The quantitative estimate of drug-likeness (QED) is 0.715. The van der Waals surface area contributed by atoms with Crippen LogP contribution in [0.25, 0.3) is 0 Å². The van der Waals surface area contributed by atoms with Crippen LogP contribution in [0.15, 0.2) is 0 Å². The van der Waals surface area contributed by atoms with E-state index < -0.39 is 0 Å². The fourth-order valence-electron chi connectivity index (χ4n) is 2.13. The molecule has 0 fully saturated rings. The molecular formula is C14H29N7. The monoisotopic (exact) mass is 295 g/mol. The topological polar surface area (TPSA) is 69.2 Å². The Morgan fingerprint density at radius 2 is 1.62 bits per heavy atom. The van der Waals surface area contributed by atoms with Crippen LogP contribution < -0.4 is 15.5 Å². The summed E-state index contributed by atoms with van der Waals surface area (Å²) in [5, 5.41) is 6.51. The molecule has 21 heavy (non-hydrogen) atoms. The van der Waals surface area contributed by atoms with Crippen molar-refractivity contribution in [2.75, 3.05) is 55.8 Å². The van der Waals surface area contributed by atoms with Gasteiger partial charge in [-0.15, -0.1) is 0 Å². The standard InChI is InChI=1S/C14H29N7/c1-7-15-12-17-13(16-11(4)10-20(5)6)19-14(18-12)21(8-2)9-3/h11H,7-10H2,1-6H3,(H2,15,16,17,18,19). The maximum Gasteiger partial charge on any atom is 0.231 e. The van der Waals surface area contributed by atoms with Crippen LogP contribution in [0.2, 0.25) is 0 Å². The summed E-state index contributed by atoms with van der Waals surface area (Å²) in [5.74, 6) is 1.96. The summed E-state index contributed by atoms with van der Waals surface area (Å²) in [6, 6.07) is 0.265. The Kier molecular flexibility index (Phi) is 7.14. The fraction of sp³-hybridized carbons (Fsp3) is 0.786. The predicted molar refractivity (Wildman–Crippen MR) is 89.2 cm³/mol. The third-order valence-corrected chi connectivity index (χ3v) is 3.02. The van der Waals surface area contributed by atoms with E-state index in [-0.39, 0.29) is 6.04 Å². The lowest BCUT2D eigenvalue weighted by molar-refractivity contribution is 0.391. The van der Waals surface area contributed by atoms with Gasteiger partial charge in [0.1, 0.15) is 0 Å². The van der Waals surface area contributed by atoms with Gasteiger partial charge >= 0.3 is 0 Å². The summed E-state index contributed by atoms with van der Waals surface area (Å²) in [7, 11) is 4.11. The zero-order valence-electron chi connectivity index (χ0n) is 14.1. The first-order valence-electron chi connectivity index (χ1n) is 7.66. The Morgan fingerprint density at radius 1 is 1.00 bits per heavy atom. The molecule has 7 heteroatoms. The van der Waals surface area contributed by atoms with Crippen molar-refractivity contribution in [3.63, 3.8) is 0 Å². The van der Waals surface area contributed by atoms with Crippen molar-refractivity contribution < 1.29 is 0 Å². The van der Waals surface area contributed by atoms with Crippen LogP contribution >= 0.6 is 0 Å². The second-order valence-corrected chi connectivity index (χ2v) is 5.29. The summed E-state index contributed by atoms with van der Waals surface area (Å²) in [6.45, 7) is 11.8. The van der Waals surface area contributed by atoms with Gasteiger partial charge in [-0.2, -0.15) is 15.0 Å². The minimum atomic E-state index is 0.265. The lowest BCUT2D eigenvalue weighted by Gasteiger charge is -2.22. The van der Waals surface area contributed by atoms with E-state index in [1.807, 2.05) is 6.92 Å². The van der Waals surface area contributed by atoms with E-state index in [0.29, 0.717) is 17.8 Å². The molecule has 1 unspecified atom stereocenters. The van der Waals surface area contributed by atoms with E-state index in [2.05, 4.69) is 70.3 Å². The lowest BCUT2D eigenvalue weighted by Crippen LogP contribution is -2.31. The predicted octanol–water partition coefficient (Wildman–Crippen LogP) is 1.51. The number of aromatic nitrogens is 3. The van der Waals surface area contributed by atoms with E-state index in [9.17, 15) is 0 Å². The van der Waals surface area contributed by atoms with Crippen LogP contribution in [-0.4, -0.2) is 66.2 Å². The van der Waals surface area contributed by atoms with Crippen molar-refractivity contribution in [3.05, 3.63) is 0 Å². The summed E-state index contributed by atoms with van der Waals surface area (Å²) >= 11 is 0. The van der Waals surface area contributed by atoms with E-state index in [1.165, 1.54) is 0 Å². The molecule has 1 aromatic heterocycles. The second kappa shape index (κ2) is 8.61. The summed E-state index contributed by atoms with van der Waals surface area (Å²) in [5.41, 5.74) is 0. The largest absolute Gasteiger partial charge is 0.354 e. The Hall–Kier alpha value is -1.63. The minimum absolute atomic E-state index is 0.265. The van der Waals surface area contributed by atoms with Gasteiger partial charge in [-0.25, -0.2) is 0 Å². The van der Waals surface area contributed by atoms with Gasteiger partial charge in [-0.3, -0.25) is 0 Å². The summed E-state index contributed by atoms with van der Waals surface area (Å²) in [6.07, 6.45) is 0. The summed E-state index contributed by atoms with van der Waals surface area (Å²) in [4.78, 5) is 17.7. The van der Waals surface area contributed by atoms with Crippen LogP contribution in [0.4, 0.5) is 17.8 Å². The lowest BCUT2D eigenvalue weighted by atomic mass is 10.3. The van der Waals surface area contributed by atoms with Gasteiger partial charge in [0.25, 0.3) is 0 Å². The highest BCUT2D eigenvalue weighted by atomic mass is 15.3. The van der Waals surface area contributed by atoms with Crippen LogP contribution in [0.1, 0.15) is 27.7 Å². The molecule has 0 amide bonds. The van der Waals surface area contributed by atoms with Crippen molar-refractivity contribution in [1.29, 1.82) is 0 Å². The molecule has 0 radical (unpaired) electrons. The molecule has 0 aliphatic rings. The molecule has 7 nitrogen and oxygen atoms in total. The molecule has 0 aliphatic heterocycles. The van der Waals surface area contributed by atoms with Crippen molar-refractivity contribution in [1.82, 2.24) is 19.9 Å². The van der Waals surface area contributed by atoms with Crippen LogP contribution in [-0.2, 0) is 0 Å². The number of nitrogens with one attached hydrogen (secondary N) is 2. The molecule has 1 atom stereocenters. The fourth-order valence-corrected chi connectivity index (χ4v) is 2.13. The van der Waals surface area contributed by atoms with Crippen molar-refractivity contribution in [2.24, 2.45) is 0 Å². The molecule has 1 rings (SSSR count). The van der Waals surface area contributed by atoms with Gasteiger partial charge in [0, 0.05) is 32.2 Å². The van der Waals surface area contributed by atoms with Crippen molar-refractivity contribution in [3.8, 4) is 0 Å². The average Bonchev–Trinajstić information content (AvgIpc) is 2.39. The first-order chi connectivity index (χ1) is 9.99. The van der Waals surface area contributed by atoms with E-state index in [0.717, 1.165) is 26.2 Å². The Balaban J connectivity index is 2.96. The number of nitrogens with zero attached hydrogens (tertiary/aromatic N) is 5. The Labute approximate surface area is 128 Å². The number of hydrogen-bond acceptors (Lipinski definition) is 7. The Morgan fingerprint density at radius 3 is 2.14 bits per heavy atom. The summed E-state index contributed by atoms with van der Waals surface area (Å²) < 4.78 is 0. The van der Waals surface area contributed by atoms with Gasteiger partial charge < -0.3 is 20.4 Å². The number of rotatable bonds is 9. The van der Waals surface area contributed by atoms with Gasteiger partial charge in [0.05, 0.1) is 0 Å². The first kappa shape index (κ1) is 17.4. The SMILES string of the molecule is CCNc1nc(NC(C)CN(C)C)nc(N(CC)CC)n1. The molecule has 0 bridgehead atoms. The van der Waals surface area contributed by atoms with E-state index in [1.54, 1.807) is 0 Å². The minimum Gasteiger partial charge on any atom is -0.354 e. The number of likely N-dealkylation sites (N-methyl/N-ethyl adjacent to an activating group) is 1. The molecule has 0 aromatic carbocycles. The zero-order chi connectivity index (χ0) is 15.8. The van der Waals surface area contributed by atoms with Gasteiger partial charge in [0.2, 0.25) is 17.8 Å². The highest BCUT2D eigenvalue weighted by molar-refractivity contribution is 5.44. The highest BCUT2D eigenvalue weighted by Gasteiger charge is 2.12. The first-order valence-corrected chi connectivity index (χ1v) is 7.66. The normalized spacial score (nSPS) is 12.3. The molecular weight excluding hydrogens is 266 g/mol. The van der Waals surface area contributed by atoms with E-state index in [4.69, 9.17) is 0 Å².